The van der Waals surface area contributed by atoms with Crippen LogP contribution in [0.25, 0.3) is 0 Å². The molecule has 1 unspecified atom stereocenters. The predicted molar refractivity (Wildman–Crippen MR) is 66.2 cm³/mol. The SMILES string of the molecule is NCc1ccnc(N2CCOCC2CO)c1Cl. The Hall–Kier alpha value is -0.880. The van der Waals surface area contributed by atoms with Crippen LogP contribution in [0.3, 0.4) is 0 Å². The van der Waals surface area contributed by atoms with Crippen LogP contribution in [-0.4, -0.2) is 42.5 Å². The van der Waals surface area contributed by atoms with E-state index in [9.17, 15) is 5.11 Å². The first-order chi connectivity index (χ1) is 8.27. The van der Waals surface area contributed by atoms with Gasteiger partial charge in [0.2, 0.25) is 0 Å². The summed E-state index contributed by atoms with van der Waals surface area (Å²) in [5.41, 5.74) is 6.47. The van der Waals surface area contributed by atoms with E-state index in [1.807, 2.05) is 4.90 Å². The zero-order valence-corrected chi connectivity index (χ0v) is 10.2. The maximum Gasteiger partial charge on any atom is 0.148 e. The average Bonchev–Trinajstić information content (AvgIpc) is 2.39. The second-order valence-corrected chi connectivity index (χ2v) is 4.29. The van der Waals surface area contributed by atoms with E-state index < -0.39 is 0 Å². The Balaban J connectivity index is 2.31. The summed E-state index contributed by atoms with van der Waals surface area (Å²) in [6.45, 7) is 2.17. The van der Waals surface area contributed by atoms with Crippen LogP contribution in [0.15, 0.2) is 12.3 Å². The first kappa shape index (κ1) is 12.6. The van der Waals surface area contributed by atoms with Gasteiger partial charge in [-0.3, -0.25) is 0 Å². The summed E-state index contributed by atoms with van der Waals surface area (Å²) < 4.78 is 5.32. The van der Waals surface area contributed by atoms with Crippen LogP contribution in [0, 0.1) is 0 Å². The van der Waals surface area contributed by atoms with Gasteiger partial charge in [-0.2, -0.15) is 0 Å². The lowest BCUT2D eigenvalue weighted by Crippen LogP contribution is -2.48. The molecule has 1 aliphatic rings. The van der Waals surface area contributed by atoms with Crippen LogP contribution >= 0.6 is 11.6 Å². The highest BCUT2D eigenvalue weighted by atomic mass is 35.5. The van der Waals surface area contributed by atoms with Gasteiger partial charge in [0.25, 0.3) is 0 Å². The van der Waals surface area contributed by atoms with Crippen molar-refractivity contribution in [2.45, 2.75) is 12.6 Å². The fourth-order valence-corrected chi connectivity index (χ4v) is 2.21. The van der Waals surface area contributed by atoms with E-state index >= 15 is 0 Å². The molecule has 0 spiro atoms. The lowest BCUT2D eigenvalue weighted by molar-refractivity contribution is 0.0723. The van der Waals surface area contributed by atoms with Crippen molar-refractivity contribution in [1.29, 1.82) is 0 Å². The highest BCUT2D eigenvalue weighted by Gasteiger charge is 2.25. The number of anilines is 1. The molecule has 1 aliphatic heterocycles. The third-order valence-electron chi connectivity index (χ3n) is 2.88. The molecule has 1 saturated heterocycles. The number of nitrogens with zero attached hydrogens (tertiary/aromatic N) is 2. The number of rotatable bonds is 3. The number of nitrogens with two attached hydrogens (primary N) is 1. The van der Waals surface area contributed by atoms with Crippen molar-refractivity contribution in [3.63, 3.8) is 0 Å². The number of hydrogen-bond donors (Lipinski definition) is 2. The molecule has 2 heterocycles. The lowest BCUT2D eigenvalue weighted by Gasteiger charge is -2.36. The number of aromatic nitrogens is 1. The van der Waals surface area contributed by atoms with Gasteiger partial charge >= 0.3 is 0 Å². The number of hydrogen-bond acceptors (Lipinski definition) is 5. The third kappa shape index (κ3) is 2.52. The van der Waals surface area contributed by atoms with E-state index in [1.54, 1.807) is 12.3 Å². The molecule has 0 saturated carbocycles. The molecule has 94 valence electrons. The minimum atomic E-state index is -0.0956. The summed E-state index contributed by atoms with van der Waals surface area (Å²) in [6, 6.07) is 1.71. The van der Waals surface area contributed by atoms with Crippen molar-refractivity contribution in [3.05, 3.63) is 22.8 Å². The van der Waals surface area contributed by atoms with Gasteiger partial charge in [0, 0.05) is 19.3 Å². The minimum absolute atomic E-state index is 0.0187. The fourth-order valence-electron chi connectivity index (χ4n) is 1.91. The molecule has 0 radical (unpaired) electrons. The Morgan fingerprint density at radius 3 is 3.18 bits per heavy atom. The van der Waals surface area contributed by atoms with Gasteiger partial charge in [-0.05, 0) is 11.6 Å². The van der Waals surface area contributed by atoms with Crippen LogP contribution in [0.5, 0.6) is 0 Å². The predicted octanol–water partition coefficient (Wildman–Crippen LogP) is 0.391. The minimum Gasteiger partial charge on any atom is -0.394 e. The van der Waals surface area contributed by atoms with Crippen molar-refractivity contribution in [2.75, 3.05) is 31.3 Å². The van der Waals surface area contributed by atoms with Crippen LogP contribution in [0.4, 0.5) is 5.82 Å². The van der Waals surface area contributed by atoms with E-state index in [0.29, 0.717) is 37.1 Å². The van der Waals surface area contributed by atoms with Gasteiger partial charge in [-0.25, -0.2) is 4.98 Å². The first-order valence-corrected chi connectivity index (χ1v) is 5.94. The summed E-state index contributed by atoms with van der Waals surface area (Å²) in [7, 11) is 0. The van der Waals surface area contributed by atoms with Crippen molar-refractivity contribution < 1.29 is 9.84 Å². The second-order valence-electron chi connectivity index (χ2n) is 3.92. The first-order valence-electron chi connectivity index (χ1n) is 5.56. The summed E-state index contributed by atoms with van der Waals surface area (Å²) >= 11 is 6.26. The van der Waals surface area contributed by atoms with Gasteiger partial charge in [-0.15, -0.1) is 0 Å². The summed E-state index contributed by atoms with van der Waals surface area (Å²) in [5.74, 6) is 0.678. The molecule has 1 fully saturated rings. The van der Waals surface area contributed by atoms with Crippen molar-refractivity contribution >= 4 is 17.4 Å². The van der Waals surface area contributed by atoms with E-state index in [1.165, 1.54) is 0 Å². The van der Waals surface area contributed by atoms with E-state index in [-0.39, 0.29) is 12.6 Å². The average molecular weight is 258 g/mol. The maximum atomic E-state index is 9.32. The molecule has 5 nitrogen and oxygen atoms in total. The molecule has 17 heavy (non-hydrogen) atoms. The topological polar surface area (TPSA) is 71.6 Å². The lowest BCUT2D eigenvalue weighted by atomic mass is 10.2. The van der Waals surface area contributed by atoms with E-state index in [4.69, 9.17) is 22.1 Å². The number of halogens is 1. The Bertz CT molecular complexity index is 389. The molecule has 0 aromatic carbocycles. The highest BCUT2D eigenvalue weighted by Crippen LogP contribution is 2.28. The summed E-state index contributed by atoms with van der Waals surface area (Å²) in [6.07, 6.45) is 1.69. The van der Waals surface area contributed by atoms with Crippen molar-refractivity contribution in [2.24, 2.45) is 5.73 Å². The van der Waals surface area contributed by atoms with Gasteiger partial charge in [-0.1, -0.05) is 11.6 Å². The molecule has 0 aliphatic carbocycles. The Kier molecular flexibility index (Phi) is 4.17. The fraction of sp³-hybridized carbons (Fsp3) is 0.545. The monoisotopic (exact) mass is 257 g/mol. The molecule has 1 aromatic rings. The van der Waals surface area contributed by atoms with Crippen molar-refractivity contribution in [3.8, 4) is 0 Å². The summed E-state index contributed by atoms with van der Waals surface area (Å²) in [5, 5.41) is 9.89. The zero-order valence-electron chi connectivity index (χ0n) is 9.47. The molecule has 0 amide bonds. The largest absolute Gasteiger partial charge is 0.394 e. The van der Waals surface area contributed by atoms with Crippen molar-refractivity contribution in [1.82, 2.24) is 4.98 Å². The highest BCUT2D eigenvalue weighted by molar-refractivity contribution is 6.33. The van der Waals surface area contributed by atoms with Gasteiger partial charge in [0.05, 0.1) is 30.9 Å². The maximum absolute atomic E-state index is 9.32. The van der Waals surface area contributed by atoms with Crippen LogP contribution < -0.4 is 10.6 Å². The van der Waals surface area contributed by atoms with E-state index in [2.05, 4.69) is 4.98 Å². The number of pyridine rings is 1. The standard InChI is InChI=1S/C11H16ClN3O2/c12-10-8(5-13)1-2-14-11(10)15-3-4-17-7-9(15)6-16/h1-2,9,16H,3-7,13H2. The van der Waals surface area contributed by atoms with Gasteiger partial charge in [0.15, 0.2) is 0 Å². The number of aliphatic hydroxyl groups is 1. The van der Waals surface area contributed by atoms with Gasteiger partial charge in [0.1, 0.15) is 5.82 Å². The molecule has 1 atom stereocenters. The van der Waals surface area contributed by atoms with Gasteiger partial charge < -0.3 is 20.5 Å². The Morgan fingerprint density at radius 2 is 2.47 bits per heavy atom. The summed E-state index contributed by atoms with van der Waals surface area (Å²) in [4.78, 5) is 6.26. The second kappa shape index (κ2) is 5.64. The smallest absolute Gasteiger partial charge is 0.148 e. The molecular weight excluding hydrogens is 242 g/mol. The molecule has 1 aromatic heterocycles. The third-order valence-corrected chi connectivity index (χ3v) is 3.29. The molecule has 6 heteroatoms. The number of ether oxygens (including phenoxy) is 1. The van der Waals surface area contributed by atoms with Crippen LogP contribution in [-0.2, 0) is 11.3 Å². The molecular formula is C11H16ClN3O2. The van der Waals surface area contributed by atoms with Crippen LogP contribution in [0.1, 0.15) is 5.56 Å². The number of morpholine rings is 1. The number of aliphatic hydroxyl groups excluding tert-OH is 1. The van der Waals surface area contributed by atoms with Crippen LogP contribution in [0.2, 0.25) is 5.02 Å². The quantitative estimate of drug-likeness (QED) is 0.820. The normalized spacial score (nSPS) is 20.6. The zero-order chi connectivity index (χ0) is 12.3. The molecule has 3 N–H and O–H groups in total. The Morgan fingerprint density at radius 1 is 1.65 bits per heavy atom. The molecule has 2 rings (SSSR count). The molecule has 0 bridgehead atoms. The van der Waals surface area contributed by atoms with E-state index in [0.717, 1.165) is 5.56 Å². The Labute approximate surface area is 105 Å².